The summed E-state index contributed by atoms with van der Waals surface area (Å²) in [4.78, 5) is 3.92. The predicted molar refractivity (Wildman–Crippen MR) is 69.1 cm³/mol. The molecule has 8 heteroatoms. The molecule has 0 radical (unpaired) electrons. The summed E-state index contributed by atoms with van der Waals surface area (Å²) in [6.45, 7) is 1.02. The van der Waals surface area contributed by atoms with Crippen LogP contribution in [0.15, 0.2) is 17.0 Å². The summed E-state index contributed by atoms with van der Waals surface area (Å²) in [6.07, 6.45) is 0.186. The smallest absolute Gasteiger partial charge is 0.244 e. The number of pyridine rings is 1. The molecule has 7 nitrogen and oxygen atoms in total. The van der Waals surface area contributed by atoms with Crippen molar-refractivity contribution in [3.63, 3.8) is 0 Å². The highest BCUT2D eigenvalue weighted by Gasteiger charge is 2.41. The summed E-state index contributed by atoms with van der Waals surface area (Å²) in [7, 11) is -3.79. The van der Waals surface area contributed by atoms with E-state index >= 15 is 0 Å². The molecule has 2 rings (SSSR count). The van der Waals surface area contributed by atoms with Crippen molar-refractivity contribution < 1.29 is 18.6 Å². The molecule has 0 bridgehead atoms. The van der Waals surface area contributed by atoms with Crippen molar-refractivity contribution in [2.75, 3.05) is 19.7 Å². The molecule has 1 aliphatic rings. The number of sulfonamides is 1. The number of aliphatic hydroxyl groups excluding tert-OH is 1. The third kappa shape index (κ3) is 2.53. The number of rotatable bonds is 3. The number of hydrogen-bond acceptors (Lipinski definition) is 6. The van der Waals surface area contributed by atoms with Gasteiger partial charge in [-0.2, -0.15) is 9.57 Å². The number of aryl methyl sites for hydroxylation is 1. The van der Waals surface area contributed by atoms with Gasteiger partial charge < -0.3 is 10.2 Å². The summed E-state index contributed by atoms with van der Waals surface area (Å²) >= 11 is 0. The average molecular weight is 297 g/mol. The first-order chi connectivity index (χ1) is 9.32. The number of nitrogens with zero attached hydrogens (tertiary/aromatic N) is 3. The van der Waals surface area contributed by atoms with Crippen molar-refractivity contribution >= 4 is 10.0 Å². The zero-order valence-electron chi connectivity index (χ0n) is 10.9. The zero-order chi connectivity index (χ0) is 15.0. The normalized spacial score (nSPS) is 23.7. The summed E-state index contributed by atoms with van der Waals surface area (Å²) in [5.74, 6) is 0. The maximum Gasteiger partial charge on any atom is 0.244 e. The second-order valence-corrected chi connectivity index (χ2v) is 6.77. The van der Waals surface area contributed by atoms with Crippen LogP contribution in [0.25, 0.3) is 0 Å². The number of nitriles is 1. The lowest BCUT2D eigenvalue weighted by atomic mass is 10.1. The van der Waals surface area contributed by atoms with E-state index in [2.05, 4.69) is 4.98 Å². The minimum absolute atomic E-state index is 0.0127. The summed E-state index contributed by atoms with van der Waals surface area (Å²) in [6, 6.07) is 4.53. The van der Waals surface area contributed by atoms with Crippen LogP contribution in [-0.2, 0) is 10.0 Å². The number of aromatic nitrogens is 1. The van der Waals surface area contributed by atoms with Gasteiger partial charge in [0.05, 0.1) is 12.3 Å². The number of β-amino-alcohol motifs (C(OH)–C–C–N with tert-alkyl or cyclic N) is 1. The first-order valence-corrected chi connectivity index (χ1v) is 7.47. The highest BCUT2D eigenvalue weighted by molar-refractivity contribution is 7.89. The van der Waals surface area contributed by atoms with E-state index in [9.17, 15) is 13.5 Å². The minimum atomic E-state index is -3.79. The molecular formula is C12H15N3O4S. The summed E-state index contributed by atoms with van der Waals surface area (Å²) in [5.41, 5.74) is -1.00. The van der Waals surface area contributed by atoms with Crippen LogP contribution in [0.4, 0.5) is 0 Å². The van der Waals surface area contributed by atoms with Crippen LogP contribution < -0.4 is 0 Å². The van der Waals surface area contributed by atoms with Crippen LogP contribution in [0.3, 0.4) is 0 Å². The van der Waals surface area contributed by atoms with E-state index in [0.717, 1.165) is 4.31 Å². The number of aliphatic hydroxyl groups is 2. The van der Waals surface area contributed by atoms with Crippen molar-refractivity contribution in [1.29, 1.82) is 5.26 Å². The monoisotopic (exact) mass is 297 g/mol. The van der Waals surface area contributed by atoms with E-state index in [4.69, 9.17) is 10.4 Å². The lowest BCUT2D eigenvalue weighted by Gasteiger charge is -2.21. The van der Waals surface area contributed by atoms with Gasteiger partial charge in [-0.05, 0) is 25.5 Å². The Bertz CT molecular complexity index is 668. The molecule has 0 unspecified atom stereocenters. The topological polar surface area (TPSA) is 115 Å². The van der Waals surface area contributed by atoms with Crippen LogP contribution in [-0.4, -0.2) is 53.2 Å². The van der Waals surface area contributed by atoms with Gasteiger partial charge in [0.15, 0.2) is 0 Å². The SMILES string of the molecule is Cc1nc(C#N)ccc1S(=O)(=O)N1CC[C@](O)(CO)C1. The zero-order valence-corrected chi connectivity index (χ0v) is 11.8. The molecule has 2 heterocycles. The van der Waals surface area contributed by atoms with E-state index in [1.165, 1.54) is 19.1 Å². The van der Waals surface area contributed by atoms with Crippen molar-refractivity contribution in [3.8, 4) is 6.07 Å². The van der Waals surface area contributed by atoms with E-state index in [1.54, 1.807) is 0 Å². The maximum atomic E-state index is 12.5. The van der Waals surface area contributed by atoms with Crippen molar-refractivity contribution in [3.05, 3.63) is 23.5 Å². The van der Waals surface area contributed by atoms with Gasteiger partial charge in [0, 0.05) is 13.1 Å². The van der Waals surface area contributed by atoms with Gasteiger partial charge >= 0.3 is 0 Å². The standard InChI is InChI=1S/C12H15N3O4S/c1-9-11(3-2-10(6-13)14-9)20(18,19)15-5-4-12(17,7-15)8-16/h2-3,16-17H,4-5,7-8H2,1H3/t12-/m1/s1. The molecule has 1 fully saturated rings. The third-order valence-electron chi connectivity index (χ3n) is 3.36. The van der Waals surface area contributed by atoms with E-state index < -0.39 is 22.2 Å². The molecule has 1 atom stereocenters. The van der Waals surface area contributed by atoms with Crippen LogP contribution in [0, 0.1) is 18.3 Å². The highest BCUT2D eigenvalue weighted by atomic mass is 32.2. The molecule has 0 spiro atoms. The Morgan fingerprint density at radius 3 is 2.75 bits per heavy atom. The first-order valence-electron chi connectivity index (χ1n) is 6.03. The largest absolute Gasteiger partial charge is 0.393 e. The second kappa shape index (κ2) is 5.10. The van der Waals surface area contributed by atoms with Crippen molar-refractivity contribution in [2.24, 2.45) is 0 Å². The quantitative estimate of drug-likeness (QED) is 0.768. The van der Waals surface area contributed by atoms with Gasteiger partial charge in [-0.1, -0.05) is 0 Å². The Morgan fingerprint density at radius 1 is 1.55 bits per heavy atom. The molecule has 2 N–H and O–H groups in total. The molecule has 1 aromatic rings. The molecule has 1 aliphatic heterocycles. The van der Waals surface area contributed by atoms with Gasteiger partial charge in [-0.3, -0.25) is 0 Å². The van der Waals surface area contributed by atoms with Gasteiger partial charge in [0.1, 0.15) is 22.3 Å². The maximum absolute atomic E-state index is 12.5. The van der Waals surface area contributed by atoms with E-state index in [1.807, 2.05) is 6.07 Å². The van der Waals surface area contributed by atoms with Gasteiger partial charge in [-0.15, -0.1) is 0 Å². The van der Waals surface area contributed by atoms with Crippen LogP contribution >= 0.6 is 0 Å². The fraction of sp³-hybridized carbons (Fsp3) is 0.500. The van der Waals surface area contributed by atoms with E-state index in [-0.39, 0.29) is 35.8 Å². The lowest BCUT2D eigenvalue weighted by molar-refractivity contribution is -0.000737. The highest BCUT2D eigenvalue weighted by Crippen LogP contribution is 2.27. The Labute approximate surface area is 117 Å². The van der Waals surface area contributed by atoms with Crippen molar-refractivity contribution in [1.82, 2.24) is 9.29 Å². The molecule has 0 saturated carbocycles. The van der Waals surface area contributed by atoms with Gasteiger partial charge in [0.2, 0.25) is 10.0 Å². The first kappa shape index (κ1) is 14.9. The molecule has 1 aromatic heterocycles. The van der Waals surface area contributed by atoms with Crippen LogP contribution in [0.1, 0.15) is 17.8 Å². The molecule has 20 heavy (non-hydrogen) atoms. The van der Waals surface area contributed by atoms with Gasteiger partial charge in [-0.25, -0.2) is 13.4 Å². The molecule has 0 amide bonds. The third-order valence-corrected chi connectivity index (χ3v) is 5.34. The molecule has 1 saturated heterocycles. The van der Waals surface area contributed by atoms with Crippen LogP contribution in [0.2, 0.25) is 0 Å². The lowest BCUT2D eigenvalue weighted by Crippen LogP contribution is -2.39. The molecule has 0 aliphatic carbocycles. The molecule has 0 aromatic carbocycles. The van der Waals surface area contributed by atoms with Crippen molar-refractivity contribution in [2.45, 2.75) is 23.8 Å². The van der Waals surface area contributed by atoms with Gasteiger partial charge in [0.25, 0.3) is 0 Å². The summed E-state index contributed by atoms with van der Waals surface area (Å²) < 4.78 is 26.1. The molecule has 108 valence electrons. The van der Waals surface area contributed by atoms with E-state index in [0.29, 0.717) is 0 Å². The Kier molecular flexibility index (Phi) is 3.80. The predicted octanol–water partition coefficient (Wildman–Crippen LogP) is -0.621. The number of hydrogen-bond donors (Lipinski definition) is 2. The second-order valence-electron chi connectivity index (χ2n) is 4.86. The van der Waals surface area contributed by atoms with Crippen LogP contribution in [0.5, 0.6) is 0 Å². The summed E-state index contributed by atoms with van der Waals surface area (Å²) in [5, 5.41) is 27.7. The fourth-order valence-electron chi connectivity index (χ4n) is 2.18. The Balaban J connectivity index is 2.35. The Morgan fingerprint density at radius 2 is 2.25 bits per heavy atom. The average Bonchev–Trinajstić information content (AvgIpc) is 2.82. The molecular weight excluding hydrogens is 282 g/mol. The Hall–Kier alpha value is -1.53. The minimum Gasteiger partial charge on any atom is -0.393 e. The fourth-order valence-corrected chi connectivity index (χ4v) is 3.85.